The molecule has 4 nitrogen and oxygen atoms in total. The molecule has 1 atom stereocenters. The Morgan fingerprint density at radius 1 is 1.50 bits per heavy atom. The summed E-state index contributed by atoms with van der Waals surface area (Å²) in [7, 11) is 3.69. The number of likely N-dealkylation sites (N-methyl/N-ethyl adjacent to an activating group) is 1. The van der Waals surface area contributed by atoms with Crippen LogP contribution in [-0.2, 0) is 11.3 Å². The predicted octanol–water partition coefficient (Wildman–Crippen LogP) is 1.12. The molecule has 1 saturated heterocycles. The molecule has 0 aromatic heterocycles. The maximum atomic E-state index is 5.54. The number of rotatable bonds is 5. The van der Waals surface area contributed by atoms with Gasteiger partial charge in [0.05, 0.1) is 20.3 Å². The van der Waals surface area contributed by atoms with Gasteiger partial charge in [0.2, 0.25) is 0 Å². The number of nitrogens with zero attached hydrogens (tertiary/aromatic N) is 1. The van der Waals surface area contributed by atoms with Gasteiger partial charge in [-0.05, 0) is 24.7 Å². The summed E-state index contributed by atoms with van der Waals surface area (Å²) in [6.07, 6.45) is 0. The monoisotopic (exact) mass is 250 g/mol. The van der Waals surface area contributed by atoms with Crippen molar-refractivity contribution in [1.82, 2.24) is 10.2 Å². The van der Waals surface area contributed by atoms with Gasteiger partial charge in [-0.2, -0.15) is 0 Å². The molecule has 18 heavy (non-hydrogen) atoms. The van der Waals surface area contributed by atoms with Gasteiger partial charge < -0.3 is 14.8 Å². The number of benzene rings is 1. The number of methoxy groups -OCH3 is 1. The van der Waals surface area contributed by atoms with Crippen LogP contribution in [-0.4, -0.2) is 51.4 Å². The summed E-state index contributed by atoms with van der Waals surface area (Å²) in [4.78, 5) is 2.47. The van der Waals surface area contributed by atoms with Crippen LogP contribution in [0.1, 0.15) is 5.56 Å². The lowest BCUT2D eigenvalue weighted by molar-refractivity contribution is -0.0103. The summed E-state index contributed by atoms with van der Waals surface area (Å²) in [5.41, 5.74) is 1.29. The van der Waals surface area contributed by atoms with Crippen molar-refractivity contribution in [2.24, 2.45) is 0 Å². The Bertz CT molecular complexity index is 369. The molecule has 0 aliphatic carbocycles. The van der Waals surface area contributed by atoms with E-state index >= 15 is 0 Å². The zero-order valence-electron chi connectivity index (χ0n) is 11.2. The normalized spacial score (nSPS) is 20.9. The Morgan fingerprint density at radius 2 is 2.39 bits per heavy atom. The Balaban J connectivity index is 2.01. The third-order valence-electron chi connectivity index (χ3n) is 3.31. The van der Waals surface area contributed by atoms with Crippen LogP contribution in [0.5, 0.6) is 5.75 Å². The molecule has 1 N–H and O–H groups in total. The van der Waals surface area contributed by atoms with E-state index in [1.54, 1.807) is 7.11 Å². The van der Waals surface area contributed by atoms with Gasteiger partial charge in [0.15, 0.2) is 0 Å². The fraction of sp³-hybridized carbons (Fsp3) is 0.571. The van der Waals surface area contributed by atoms with Gasteiger partial charge in [-0.25, -0.2) is 0 Å². The van der Waals surface area contributed by atoms with Crippen LogP contribution in [0.2, 0.25) is 0 Å². The van der Waals surface area contributed by atoms with Crippen molar-refractivity contribution in [2.45, 2.75) is 12.6 Å². The molecule has 1 aliphatic rings. The molecule has 0 amide bonds. The summed E-state index contributed by atoms with van der Waals surface area (Å²) in [6, 6.07) is 8.73. The van der Waals surface area contributed by atoms with Crippen LogP contribution < -0.4 is 10.1 Å². The molecule has 2 rings (SSSR count). The first-order valence-electron chi connectivity index (χ1n) is 6.43. The van der Waals surface area contributed by atoms with Gasteiger partial charge in [0.1, 0.15) is 5.75 Å². The van der Waals surface area contributed by atoms with Crippen molar-refractivity contribution in [3.63, 3.8) is 0 Å². The maximum Gasteiger partial charge on any atom is 0.119 e. The smallest absolute Gasteiger partial charge is 0.119 e. The number of hydrogen-bond acceptors (Lipinski definition) is 4. The van der Waals surface area contributed by atoms with Crippen LogP contribution >= 0.6 is 0 Å². The minimum Gasteiger partial charge on any atom is -0.497 e. The standard InChI is InChI=1S/C14H22N2O2/c1-15-9-13-11-18-7-6-16(13)10-12-4-3-5-14(8-12)17-2/h3-5,8,13,15H,6-7,9-11H2,1-2H3. The number of nitrogens with one attached hydrogen (secondary N) is 1. The highest BCUT2D eigenvalue weighted by molar-refractivity contribution is 5.28. The summed E-state index contributed by atoms with van der Waals surface area (Å²) < 4.78 is 10.8. The fourth-order valence-electron chi connectivity index (χ4n) is 2.33. The summed E-state index contributed by atoms with van der Waals surface area (Å²) in [5.74, 6) is 0.922. The Kier molecular flexibility index (Phi) is 4.99. The van der Waals surface area contributed by atoms with Crippen LogP contribution in [0, 0.1) is 0 Å². The highest BCUT2D eigenvalue weighted by atomic mass is 16.5. The Hall–Kier alpha value is -1.10. The van der Waals surface area contributed by atoms with Crippen molar-refractivity contribution in [1.29, 1.82) is 0 Å². The predicted molar refractivity (Wildman–Crippen MR) is 71.9 cm³/mol. The Morgan fingerprint density at radius 3 is 3.17 bits per heavy atom. The molecule has 4 heteroatoms. The van der Waals surface area contributed by atoms with Gasteiger partial charge >= 0.3 is 0 Å². The third-order valence-corrected chi connectivity index (χ3v) is 3.31. The number of hydrogen-bond donors (Lipinski definition) is 1. The lowest BCUT2D eigenvalue weighted by Crippen LogP contribution is -2.49. The van der Waals surface area contributed by atoms with E-state index in [1.807, 2.05) is 19.2 Å². The zero-order chi connectivity index (χ0) is 12.8. The van der Waals surface area contributed by atoms with Crippen molar-refractivity contribution in [2.75, 3.05) is 40.5 Å². The van der Waals surface area contributed by atoms with E-state index in [-0.39, 0.29) is 0 Å². The average Bonchev–Trinajstić information content (AvgIpc) is 2.41. The second kappa shape index (κ2) is 6.73. The summed E-state index contributed by atoms with van der Waals surface area (Å²) >= 11 is 0. The first kappa shape index (κ1) is 13.3. The van der Waals surface area contributed by atoms with E-state index in [1.165, 1.54) is 5.56 Å². The molecule has 1 aliphatic heterocycles. The largest absolute Gasteiger partial charge is 0.497 e. The van der Waals surface area contributed by atoms with Crippen molar-refractivity contribution in [3.8, 4) is 5.75 Å². The van der Waals surface area contributed by atoms with Crippen LogP contribution in [0.25, 0.3) is 0 Å². The number of ether oxygens (including phenoxy) is 2. The topological polar surface area (TPSA) is 33.7 Å². The molecule has 1 aromatic rings. The van der Waals surface area contributed by atoms with Gasteiger partial charge in [0, 0.05) is 25.7 Å². The molecule has 1 unspecified atom stereocenters. The van der Waals surface area contributed by atoms with Crippen LogP contribution in [0.15, 0.2) is 24.3 Å². The van der Waals surface area contributed by atoms with E-state index in [0.717, 1.165) is 38.6 Å². The lowest BCUT2D eigenvalue weighted by Gasteiger charge is -2.35. The highest BCUT2D eigenvalue weighted by Gasteiger charge is 2.22. The molecule has 0 radical (unpaired) electrons. The van der Waals surface area contributed by atoms with Crippen molar-refractivity contribution in [3.05, 3.63) is 29.8 Å². The first-order valence-corrected chi connectivity index (χ1v) is 6.43. The quantitative estimate of drug-likeness (QED) is 0.849. The van der Waals surface area contributed by atoms with Crippen LogP contribution in [0.4, 0.5) is 0 Å². The van der Waals surface area contributed by atoms with E-state index in [0.29, 0.717) is 6.04 Å². The van der Waals surface area contributed by atoms with E-state index in [9.17, 15) is 0 Å². The minimum atomic E-state index is 0.454. The van der Waals surface area contributed by atoms with Crippen molar-refractivity contribution >= 4 is 0 Å². The van der Waals surface area contributed by atoms with Gasteiger partial charge in [-0.15, -0.1) is 0 Å². The first-order chi connectivity index (χ1) is 8.83. The molecule has 100 valence electrons. The molecule has 1 aromatic carbocycles. The van der Waals surface area contributed by atoms with Crippen LogP contribution in [0.3, 0.4) is 0 Å². The lowest BCUT2D eigenvalue weighted by atomic mass is 10.1. The highest BCUT2D eigenvalue weighted by Crippen LogP contribution is 2.16. The number of morpholine rings is 1. The minimum absolute atomic E-state index is 0.454. The van der Waals surface area contributed by atoms with Crippen molar-refractivity contribution < 1.29 is 9.47 Å². The van der Waals surface area contributed by atoms with Gasteiger partial charge in [0.25, 0.3) is 0 Å². The second-order valence-electron chi connectivity index (χ2n) is 4.61. The Labute approximate surface area is 109 Å². The van der Waals surface area contributed by atoms with Gasteiger partial charge in [-0.3, -0.25) is 4.90 Å². The molecule has 0 spiro atoms. The molecule has 1 fully saturated rings. The molecular weight excluding hydrogens is 228 g/mol. The molecular formula is C14H22N2O2. The molecule has 0 bridgehead atoms. The molecule has 1 heterocycles. The SMILES string of the molecule is CNCC1COCCN1Cc1cccc(OC)c1. The van der Waals surface area contributed by atoms with Gasteiger partial charge in [-0.1, -0.05) is 12.1 Å². The second-order valence-corrected chi connectivity index (χ2v) is 4.61. The fourth-order valence-corrected chi connectivity index (χ4v) is 2.33. The summed E-state index contributed by atoms with van der Waals surface area (Å²) in [6.45, 7) is 4.54. The zero-order valence-corrected chi connectivity index (χ0v) is 11.2. The maximum absolute atomic E-state index is 5.54. The van der Waals surface area contributed by atoms with E-state index in [2.05, 4.69) is 22.3 Å². The summed E-state index contributed by atoms with van der Waals surface area (Å²) in [5, 5.41) is 3.23. The molecule has 0 saturated carbocycles. The third kappa shape index (κ3) is 3.45. The van der Waals surface area contributed by atoms with E-state index in [4.69, 9.17) is 9.47 Å². The van der Waals surface area contributed by atoms with E-state index < -0.39 is 0 Å². The average molecular weight is 250 g/mol.